The van der Waals surface area contributed by atoms with Crippen LogP contribution in [-0.4, -0.2) is 6.61 Å². The molecule has 0 N–H and O–H groups in total. The smallest absolute Gasteiger partial charge is 0.107 e. The maximum Gasteiger partial charge on any atom is 0.107 e. The molecule has 1 atom stereocenters. The number of unbranched alkanes of at least 4 members (excludes halogenated alkanes) is 1. The topological polar surface area (TPSA) is 9.23 Å². The van der Waals surface area contributed by atoms with Crippen molar-refractivity contribution in [1.82, 2.24) is 0 Å². The number of hydrogen-bond donors (Lipinski definition) is 0. The van der Waals surface area contributed by atoms with Crippen molar-refractivity contribution >= 4 is 0 Å². The van der Waals surface area contributed by atoms with Gasteiger partial charge in [-0.25, -0.2) is 0 Å². The van der Waals surface area contributed by atoms with Crippen molar-refractivity contribution in [2.24, 2.45) is 0 Å². The first-order valence-electron chi connectivity index (χ1n) is 6.45. The number of benzene rings is 1. The van der Waals surface area contributed by atoms with Gasteiger partial charge in [0.05, 0.1) is 0 Å². The van der Waals surface area contributed by atoms with Crippen LogP contribution in [0.1, 0.15) is 37.9 Å². The fourth-order valence-electron chi connectivity index (χ4n) is 2.03. The Bertz CT molecular complexity index is 389. The summed E-state index contributed by atoms with van der Waals surface area (Å²) in [7, 11) is 0. The number of rotatable bonds is 6. The summed E-state index contributed by atoms with van der Waals surface area (Å²) in [5.74, 6) is 0. The third kappa shape index (κ3) is 3.31. The fourth-order valence-corrected chi connectivity index (χ4v) is 2.03. The van der Waals surface area contributed by atoms with Gasteiger partial charge in [0.2, 0.25) is 0 Å². The quantitative estimate of drug-likeness (QED) is 0.654. The van der Waals surface area contributed by atoms with E-state index in [4.69, 9.17) is 4.74 Å². The first-order valence-corrected chi connectivity index (χ1v) is 6.45. The van der Waals surface area contributed by atoms with Gasteiger partial charge >= 0.3 is 0 Å². The van der Waals surface area contributed by atoms with E-state index < -0.39 is 0 Å². The average molecular weight is 228 g/mol. The van der Waals surface area contributed by atoms with E-state index in [1.165, 1.54) is 17.6 Å². The average Bonchev–Trinajstić information content (AvgIpc) is 2.89. The van der Waals surface area contributed by atoms with Crippen LogP contribution < -0.4 is 0 Å². The summed E-state index contributed by atoms with van der Waals surface area (Å²) in [6.45, 7) is 3.02. The van der Waals surface area contributed by atoms with E-state index in [0.29, 0.717) is 0 Å². The first-order chi connectivity index (χ1) is 8.42. The number of hydrogen-bond acceptors (Lipinski definition) is 1. The largest absolute Gasteiger partial charge is 0.369 e. The molecular weight excluding hydrogens is 208 g/mol. The maximum atomic E-state index is 6.03. The molecule has 1 heteroatoms. The highest BCUT2D eigenvalue weighted by Crippen LogP contribution is 2.29. The van der Waals surface area contributed by atoms with E-state index in [1.54, 1.807) is 0 Å². The molecule has 0 heterocycles. The highest BCUT2D eigenvalue weighted by molar-refractivity contribution is 5.36. The van der Waals surface area contributed by atoms with Gasteiger partial charge in [0, 0.05) is 6.61 Å². The Morgan fingerprint density at radius 2 is 2.06 bits per heavy atom. The van der Waals surface area contributed by atoms with Crippen LogP contribution in [0.5, 0.6) is 0 Å². The summed E-state index contributed by atoms with van der Waals surface area (Å²) in [5.41, 5.74) is 2.55. The Balaban J connectivity index is 2.10. The predicted molar refractivity (Wildman–Crippen MR) is 71.9 cm³/mol. The normalized spacial score (nSPS) is 15.9. The third-order valence-electron chi connectivity index (χ3n) is 2.99. The van der Waals surface area contributed by atoms with Gasteiger partial charge in [0.1, 0.15) is 6.10 Å². The lowest BCUT2D eigenvalue weighted by molar-refractivity contribution is 0.0775. The molecule has 2 rings (SSSR count). The minimum atomic E-state index is 0.112. The zero-order valence-electron chi connectivity index (χ0n) is 10.4. The summed E-state index contributed by atoms with van der Waals surface area (Å²) in [6, 6.07) is 10.5. The molecule has 1 nitrogen and oxygen atoms in total. The highest BCUT2D eigenvalue weighted by atomic mass is 16.5. The molecule has 0 spiro atoms. The van der Waals surface area contributed by atoms with E-state index in [-0.39, 0.29) is 6.10 Å². The lowest BCUT2D eigenvalue weighted by Gasteiger charge is -2.18. The van der Waals surface area contributed by atoms with E-state index in [1.807, 2.05) is 6.07 Å². The predicted octanol–water partition coefficient (Wildman–Crippen LogP) is 4.43. The van der Waals surface area contributed by atoms with E-state index >= 15 is 0 Å². The molecule has 90 valence electrons. The van der Waals surface area contributed by atoms with Gasteiger partial charge in [-0.2, -0.15) is 0 Å². The molecule has 1 aromatic rings. The van der Waals surface area contributed by atoms with Crippen molar-refractivity contribution in [3.8, 4) is 0 Å². The van der Waals surface area contributed by atoms with Gasteiger partial charge in [0.15, 0.2) is 0 Å². The zero-order valence-corrected chi connectivity index (χ0v) is 10.4. The number of ether oxygens (including phenoxy) is 1. The zero-order chi connectivity index (χ0) is 11.9. The molecule has 1 aliphatic rings. The van der Waals surface area contributed by atoms with Crippen molar-refractivity contribution in [2.75, 3.05) is 6.61 Å². The summed E-state index contributed by atoms with van der Waals surface area (Å²) >= 11 is 0. The van der Waals surface area contributed by atoms with Crippen LogP contribution in [0, 0.1) is 0 Å². The molecule has 0 bridgehead atoms. The maximum absolute atomic E-state index is 6.03. The molecule has 0 saturated carbocycles. The Morgan fingerprint density at radius 1 is 1.24 bits per heavy atom. The van der Waals surface area contributed by atoms with Crippen LogP contribution in [0.25, 0.3) is 0 Å². The molecule has 1 aromatic carbocycles. The molecule has 0 fully saturated rings. The van der Waals surface area contributed by atoms with Crippen LogP contribution in [0.2, 0.25) is 0 Å². The molecule has 1 aliphatic carbocycles. The van der Waals surface area contributed by atoms with Crippen LogP contribution in [-0.2, 0) is 4.74 Å². The number of allylic oxidation sites excluding steroid dienone is 2. The van der Waals surface area contributed by atoms with Crippen LogP contribution >= 0.6 is 0 Å². The van der Waals surface area contributed by atoms with Gasteiger partial charge < -0.3 is 4.74 Å². The van der Waals surface area contributed by atoms with E-state index in [0.717, 1.165) is 19.4 Å². The first kappa shape index (κ1) is 12.1. The minimum absolute atomic E-state index is 0.112. The molecule has 1 unspecified atom stereocenters. The molecule has 0 radical (unpaired) electrons. The molecule has 17 heavy (non-hydrogen) atoms. The standard InChI is InChI=1S/C16H20O/c1-2-3-13-17-16(15-11-7-8-12-15)14-9-5-4-6-10-14/h4-7,9-12,16H,2-3,8,13H2,1H3. The molecule has 0 aliphatic heterocycles. The Hall–Kier alpha value is -1.34. The van der Waals surface area contributed by atoms with Crippen molar-refractivity contribution in [1.29, 1.82) is 0 Å². The summed E-state index contributed by atoms with van der Waals surface area (Å²) < 4.78 is 6.03. The Morgan fingerprint density at radius 3 is 2.71 bits per heavy atom. The summed E-state index contributed by atoms with van der Waals surface area (Å²) in [6.07, 6.45) is 10.1. The lowest BCUT2D eigenvalue weighted by atomic mass is 10.0. The minimum Gasteiger partial charge on any atom is -0.369 e. The molecule has 0 amide bonds. The van der Waals surface area contributed by atoms with Crippen molar-refractivity contribution in [2.45, 2.75) is 32.3 Å². The third-order valence-corrected chi connectivity index (χ3v) is 2.99. The second kappa shape index (κ2) is 6.41. The van der Waals surface area contributed by atoms with Crippen molar-refractivity contribution in [3.05, 3.63) is 59.7 Å². The second-order valence-electron chi connectivity index (χ2n) is 4.36. The second-order valence-corrected chi connectivity index (χ2v) is 4.36. The van der Waals surface area contributed by atoms with Crippen molar-refractivity contribution in [3.63, 3.8) is 0 Å². The van der Waals surface area contributed by atoms with Crippen LogP contribution in [0.15, 0.2) is 54.1 Å². The highest BCUT2D eigenvalue weighted by Gasteiger charge is 2.16. The summed E-state index contributed by atoms with van der Waals surface area (Å²) in [5, 5.41) is 0. The Kier molecular flexibility index (Phi) is 4.57. The van der Waals surface area contributed by atoms with Gasteiger partial charge in [-0.05, 0) is 24.0 Å². The van der Waals surface area contributed by atoms with E-state index in [2.05, 4.69) is 49.4 Å². The van der Waals surface area contributed by atoms with E-state index in [9.17, 15) is 0 Å². The molecule has 0 aromatic heterocycles. The monoisotopic (exact) mass is 228 g/mol. The van der Waals surface area contributed by atoms with Crippen LogP contribution in [0.3, 0.4) is 0 Å². The fraction of sp³-hybridized carbons (Fsp3) is 0.375. The van der Waals surface area contributed by atoms with Gasteiger partial charge in [-0.15, -0.1) is 0 Å². The molecule has 0 saturated heterocycles. The van der Waals surface area contributed by atoms with Gasteiger partial charge in [-0.1, -0.05) is 61.9 Å². The van der Waals surface area contributed by atoms with Crippen molar-refractivity contribution < 1.29 is 4.74 Å². The van der Waals surface area contributed by atoms with Gasteiger partial charge in [-0.3, -0.25) is 0 Å². The molecular formula is C16H20O. The Labute approximate surface area is 104 Å². The lowest BCUT2D eigenvalue weighted by Crippen LogP contribution is -2.07. The SMILES string of the molecule is CCCCOC(C1=CCC=C1)c1ccccc1. The van der Waals surface area contributed by atoms with Gasteiger partial charge in [0.25, 0.3) is 0 Å². The summed E-state index contributed by atoms with van der Waals surface area (Å²) in [4.78, 5) is 0. The van der Waals surface area contributed by atoms with Crippen LogP contribution in [0.4, 0.5) is 0 Å².